The lowest BCUT2D eigenvalue weighted by atomic mass is 10.0. The lowest BCUT2D eigenvalue weighted by Crippen LogP contribution is -2.31. The average molecular weight is 376 g/mol. The molecule has 1 aromatic heterocycles. The van der Waals surface area contributed by atoms with E-state index < -0.39 is 0 Å². The van der Waals surface area contributed by atoms with E-state index in [0.29, 0.717) is 48.9 Å². The first-order valence-electron chi connectivity index (χ1n) is 8.54. The molecule has 0 saturated carbocycles. The topological polar surface area (TPSA) is 126 Å². The van der Waals surface area contributed by atoms with Gasteiger partial charge in [0.15, 0.2) is 0 Å². The number of hydrogen-bond acceptors (Lipinski definition) is 7. The first-order chi connectivity index (χ1) is 12.5. The fourth-order valence-corrected chi connectivity index (χ4v) is 3.07. The highest BCUT2D eigenvalue weighted by molar-refractivity contribution is 6.33. The van der Waals surface area contributed by atoms with Gasteiger partial charge in [0.1, 0.15) is 11.5 Å². The maximum Gasteiger partial charge on any atom is 0.222 e. The maximum absolute atomic E-state index is 9.56. The van der Waals surface area contributed by atoms with Crippen molar-refractivity contribution < 1.29 is 5.11 Å². The van der Waals surface area contributed by atoms with Crippen molar-refractivity contribution in [1.82, 2.24) is 15.0 Å². The molecule has 0 unspecified atom stereocenters. The Hall–Kier alpha value is -2.45. The smallest absolute Gasteiger partial charge is 0.222 e. The molecular weight excluding hydrogens is 354 g/mol. The Morgan fingerprint density at radius 1 is 1.27 bits per heavy atom. The summed E-state index contributed by atoms with van der Waals surface area (Å²) in [7, 11) is 0. The van der Waals surface area contributed by atoms with E-state index in [1.165, 1.54) is 0 Å². The summed E-state index contributed by atoms with van der Waals surface area (Å²) >= 11 is 6.27. The number of nitrogen functional groups attached to an aromatic ring is 2. The first kappa shape index (κ1) is 18.3. The number of hydrogen-bond donors (Lipinski definition) is 3. The maximum atomic E-state index is 9.56. The first-order valence-corrected chi connectivity index (χ1v) is 8.92. The summed E-state index contributed by atoms with van der Waals surface area (Å²) in [5.74, 6) is 0.480. The van der Waals surface area contributed by atoms with Crippen LogP contribution in [0.5, 0.6) is 0 Å². The molecule has 0 radical (unpaired) electrons. The Balaban J connectivity index is 1.91. The van der Waals surface area contributed by atoms with Gasteiger partial charge in [0.25, 0.3) is 0 Å². The molecule has 0 bridgehead atoms. The van der Waals surface area contributed by atoms with Crippen LogP contribution < -0.4 is 11.5 Å². The Morgan fingerprint density at radius 2 is 2.00 bits per heavy atom. The molecule has 0 atom stereocenters. The van der Waals surface area contributed by atoms with Crippen molar-refractivity contribution >= 4 is 29.1 Å². The molecule has 8 nitrogen and oxygen atoms in total. The number of aromatic nitrogens is 2. The summed E-state index contributed by atoms with van der Waals surface area (Å²) in [6.45, 7) is 3.31. The van der Waals surface area contributed by atoms with Gasteiger partial charge in [-0.1, -0.05) is 29.8 Å². The summed E-state index contributed by atoms with van der Waals surface area (Å²) in [5, 5.41) is 20.4. The van der Waals surface area contributed by atoms with Crippen molar-refractivity contribution in [3.05, 3.63) is 28.9 Å². The van der Waals surface area contributed by atoms with E-state index in [-0.39, 0.29) is 12.1 Å². The largest absolute Gasteiger partial charge is 0.393 e. The van der Waals surface area contributed by atoms with Gasteiger partial charge in [-0.05, 0) is 37.0 Å². The number of aliphatic hydroxyl groups excluding tert-OH is 1. The molecule has 3 rings (SSSR count). The molecule has 1 aliphatic rings. The normalized spacial score (nSPS) is 15.7. The van der Waals surface area contributed by atoms with Crippen LogP contribution in [-0.2, 0) is 6.42 Å². The minimum Gasteiger partial charge on any atom is -0.393 e. The molecule has 9 heteroatoms. The molecule has 0 amide bonds. The van der Waals surface area contributed by atoms with Crippen LogP contribution in [0.15, 0.2) is 28.5 Å². The van der Waals surface area contributed by atoms with Crippen LogP contribution in [0, 0.1) is 0 Å². The van der Waals surface area contributed by atoms with Crippen LogP contribution >= 0.6 is 11.6 Å². The number of nitrogens with zero attached hydrogens (tertiary/aromatic N) is 5. The zero-order valence-electron chi connectivity index (χ0n) is 14.6. The van der Waals surface area contributed by atoms with Gasteiger partial charge in [0, 0.05) is 18.7 Å². The molecule has 1 aromatic carbocycles. The third-order valence-electron chi connectivity index (χ3n) is 4.32. The van der Waals surface area contributed by atoms with Crippen LogP contribution in [-0.4, -0.2) is 39.3 Å². The minimum atomic E-state index is -0.255. The van der Waals surface area contributed by atoms with E-state index in [9.17, 15) is 5.11 Å². The second-order valence-electron chi connectivity index (χ2n) is 6.18. The number of aliphatic hydroxyl groups is 1. The SMILES string of the molecule is CCc1nc(N)nc(N)c1-c1ccc(Cl)c(N=NN2CCC(O)CC2)c1. The second kappa shape index (κ2) is 7.84. The molecule has 2 aromatic rings. The summed E-state index contributed by atoms with van der Waals surface area (Å²) in [6, 6.07) is 5.42. The summed E-state index contributed by atoms with van der Waals surface area (Å²) < 4.78 is 0. The average Bonchev–Trinajstić information content (AvgIpc) is 2.62. The third-order valence-corrected chi connectivity index (χ3v) is 4.64. The molecular formula is C17H22ClN7O. The Morgan fingerprint density at radius 3 is 2.69 bits per heavy atom. The fraction of sp³-hybridized carbons (Fsp3) is 0.412. The quantitative estimate of drug-likeness (QED) is 0.705. The van der Waals surface area contributed by atoms with Crippen molar-refractivity contribution in [2.45, 2.75) is 32.3 Å². The summed E-state index contributed by atoms with van der Waals surface area (Å²) in [5.41, 5.74) is 14.6. The summed E-state index contributed by atoms with van der Waals surface area (Å²) in [4.78, 5) is 8.34. The Bertz CT molecular complexity index is 819. The van der Waals surface area contributed by atoms with Crippen LogP contribution in [0.3, 0.4) is 0 Å². The minimum absolute atomic E-state index is 0.157. The van der Waals surface area contributed by atoms with Crippen molar-refractivity contribution in [3.8, 4) is 11.1 Å². The van der Waals surface area contributed by atoms with E-state index in [0.717, 1.165) is 16.8 Å². The highest BCUT2D eigenvalue weighted by Gasteiger charge is 2.16. The highest BCUT2D eigenvalue weighted by atomic mass is 35.5. The Labute approximate surface area is 156 Å². The molecule has 2 heterocycles. The van der Waals surface area contributed by atoms with Gasteiger partial charge in [-0.3, -0.25) is 5.01 Å². The van der Waals surface area contributed by atoms with Gasteiger partial charge >= 0.3 is 0 Å². The predicted octanol–water partition coefficient (Wildman–Crippen LogP) is 2.98. The number of halogens is 1. The van der Waals surface area contributed by atoms with Crippen molar-refractivity contribution in [1.29, 1.82) is 0 Å². The van der Waals surface area contributed by atoms with Gasteiger partial charge in [-0.2, -0.15) is 4.98 Å². The van der Waals surface area contributed by atoms with Gasteiger partial charge in [-0.15, -0.1) is 5.11 Å². The fourth-order valence-electron chi connectivity index (χ4n) is 2.91. The number of benzene rings is 1. The van der Waals surface area contributed by atoms with Gasteiger partial charge in [0.05, 0.1) is 16.8 Å². The lowest BCUT2D eigenvalue weighted by molar-refractivity contribution is 0.0804. The number of piperidine rings is 1. The van der Waals surface area contributed by atoms with Crippen molar-refractivity contribution in [3.63, 3.8) is 0 Å². The third kappa shape index (κ3) is 4.03. The molecule has 138 valence electrons. The van der Waals surface area contributed by atoms with Crippen LogP contribution in [0.4, 0.5) is 17.5 Å². The van der Waals surface area contributed by atoms with Crippen LogP contribution in [0.2, 0.25) is 5.02 Å². The highest BCUT2D eigenvalue weighted by Crippen LogP contribution is 2.35. The number of nitrogens with two attached hydrogens (primary N) is 2. The van der Waals surface area contributed by atoms with Crippen molar-refractivity contribution in [2.24, 2.45) is 10.3 Å². The molecule has 0 aliphatic carbocycles. The van der Waals surface area contributed by atoms with Gasteiger partial charge in [-0.25, -0.2) is 4.98 Å². The lowest BCUT2D eigenvalue weighted by Gasteiger charge is -2.25. The zero-order valence-corrected chi connectivity index (χ0v) is 15.3. The number of rotatable bonds is 4. The zero-order chi connectivity index (χ0) is 18.7. The predicted molar refractivity (Wildman–Crippen MR) is 102 cm³/mol. The van der Waals surface area contributed by atoms with E-state index in [1.807, 2.05) is 24.1 Å². The van der Waals surface area contributed by atoms with Gasteiger partial charge in [0.2, 0.25) is 5.95 Å². The Kier molecular flexibility index (Phi) is 5.53. The van der Waals surface area contributed by atoms with Crippen LogP contribution in [0.25, 0.3) is 11.1 Å². The van der Waals surface area contributed by atoms with E-state index in [1.54, 1.807) is 6.07 Å². The molecule has 26 heavy (non-hydrogen) atoms. The molecule has 1 saturated heterocycles. The molecule has 0 spiro atoms. The van der Waals surface area contributed by atoms with Gasteiger partial charge < -0.3 is 16.6 Å². The standard InChI is InChI=1S/C17H22ClN7O/c1-2-13-15(16(19)22-17(20)21-13)10-3-4-12(18)14(9-10)23-24-25-7-5-11(26)6-8-25/h3-4,9,11,26H,2,5-8H2,1H3,(H4,19,20,21,22). The monoisotopic (exact) mass is 375 g/mol. The van der Waals surface area contributed by atoms with Crippen LogP contribution in [0.1, 0.15) is 25.5 Å². The van der Waals surface area contributed by atoms with E-state index in [2.05, 4.69) is 20.3 Å². The molecule has 1 fully saturated rings. The number of aryl methyl sites for hydroxylation is 1. The van der Waals surface area contributed by atoms with E-state index in [4.69, 9.17) is 23.1 Å². The second-order valence-corrected chi connectivity index (χ2v) is 6.59. The van der Waals surface area contributed by atoms with Crippen molar-refractivity contribution in [2.75, 3.05) is 24.6 Å². The molecule has 1 aliphatic heterocycles. The number of anilines is 2. The summed E-state index contributed by atoms with van der Waals surface area (Å²) in [6.07, 6.45) is 1.79. The molecule has 5 N–H and O–H groups in total. The van der Waals surface area contributed by atoms with E-state index >= 15 is 0 Å².